The highest BCUT2D eigenvalue weighted by molar-refractivity contribution is 5.92. The van der Waals surface area contributed by atoms with Crippen molar-refractivity contribution in [1.29, 1.82) is 0 Å². The molecular formula is C24H26N2O2. The van der Waals surface area contributed by atoms with E-state index < -0.39 is 0 Å². The predicted molar refractivity (Wildman–Crippen MR) is 114 cm³/mol. The van der Waals surface area contributed by atoms with Crippen LogP contribution in [0.1, 0.15) is 18.4 Å². The SMILES string of the molecule is O=C(COc1ccc2ccccc2c1)Nc1ccc(CCN2CCCC2)cc1. The molecule has 1 fully saturated rings. The highest BCUT2D eigenvalue weighted by atomic mass is 16.5. The summed E-state index contributed by atoms with van der Waals surface area (Å²) in [5.41, 5.74) is 2.11. The topological polar surface area (TPSA) is 41.6 Å². The van der Waals surface area contributed by atoms with Crippen molar-refractivity contribution in [3.05, 3.63) is 72.3 Å². The number of nitrogens with one attached hydrogen (secondary N) is 1. The lowest BCUT2D eigenvalue weighted by Crippen LogP contribution is -2.22. The fourth-order valence-electron chi connectivity index (χ4n) is 3.65. The second-order valence-electron chi connectivity index (χ2n) is 7.34. The molecule has 1 aliphatic rings. The summed E-state index contributed by atoms with van der Waals surface area (Å²) in [6.07, 6.45) is 3.71. The second kappa shape index (κ2) is 8.89. The zero-order valence-electron chi connectivity index (χ0n) is 16.1. The Labute approximate surface area is 166 Å². The van der Waals surface area contributed by atoms with Crippen molar-refractivity contribution < 1.29 is 9.53 Å². The summed E-state index contributed by atoms with van der Waals surface area (Å²) in [5.74, 6) is 0.545. The van der Waals surface area contributed by atoms with Crippen LogP contribution in [0.25, 0.3) is 10.8 Å². The molecule has 4 nitrogen and oxygen atoms in total. The summed E-state index contributed by atoms with van der Waals surface area (Å²) in [6, 6.07) is 22.1. The first kappa shape index (κ1) is 18.5. The number of carbonyl (C=O) groups excluding carboxylic acids is 1. The van der Waals surface area contributed by atoms with Gasteiger partial charge in [-0.05, 0) is 73.0 Å². The van der Waals surface area contributed by atoms with E-state index in [1.54, 1.807) is 0 Å². The molecule has 0 atom stereocenters. The Kier molecular flexibility index (Phi) is 5.88. The van der Waals surface area contributed by atoms with Crippen LogP contribution in [0.15, 0.2) is 66.7 Å². The van der Waals surface area contributed by atoms with Gasteiger partial charge in [0.1, 0.15) is 5.75 Å². The van der Waals surface area contributed by atoms with E-state index in [1.807, 2.05) is 48.5 Å². The van der Waals surface area contributed by atoms with Crippen molar-refractivity contribution in [2.45, 2.75) is 19.3 Å². The Hall–Kier alpha value is -2.85. The van der Waals surface area contributed by atoms with Gasteiger partial charge in [0.15, 0.2) is 6.61 Å². The molecule has 0 aromatic heterocycles. The zero-order chi connectivity index (χ0) is 19.2. The maximum Gasteiger partial charge on any atom is 0.262 e. The number of amides is 1. The number of anilines is 1. The number of carbonyl (C=O) groups is 1. The number of nitrogens with zero attached hydrogens (tertiary/aromatic N) is 1. The van der Waals surface area contributed by atoms with Crippen molar-refractivity contribution in [3.8, 4) is 5.75 Å². The number of fused-ring (bicyclic) bond motifs is 1. The quantitative estimate of drug-likeness (QED) is 0.662. The largest absolute Gasteiger partial charge is 0.484 e. The van der Waals surface area contributed by atoms with Crippen molar-refractivity contribution in [1.82, 2.24) is 4.90 Å². The van der Waals surface area contributed by atoms with Gasteiger partial charge in [0, 0.05) is 12.2 Å². The first-order valence-corrected chi connectivity index (χ1v) is 9.99. The zero-order valence-corrected chi connectivity index (χ0v) is 16.1. The second-order valence-corrected chi connectivity index (χ2v) is 7.34. The molecule has 0 saturated carbocycles. The van der Waals surface area contributed by atoms with Crippen LogP contribution in [0, 0.1) is 0 Å². The lowest BCUT2D eigenvalue weighted by atomic mass is 10.1. The van der Waals surface area contributed by atoms with Crippen LogP contribution in [0.5, 0.6) is 5.75 Å². The van der Waals surface area contributed by atoms with Gasteiger partial charge in [0.05, 0.1) is 0 Å². The van der Waals surface area contributed by atoms with Gasteiger partial charge >= 0.3 is 0 Å². The van der Waals surface area contributed by atoms with Gasteiger partial charge in [-0.2, -0.15) is 0 Å². The van der Waals surface area contributed by atoms with Crippen LogP contribution in [0.3, 0.4) is 0 Å². The summed E-state index contributed by atoms with van der Waals surface area (Å²) >= 11 is 0. The molecule has 144 valence electrons. The Morgan fingerprint density at radius 1 is 0.929 bits per heavy atom. The summed E-state index contributed by atoms with van der Waals surface area (Å²) in [4.78, 5) is 14.7. The van der Waals surface area contributed by atoms with Crippen LogP contribution < -0.4 is 10.1 Å². The highest BCUT2D eigenvalue weighted by Gasteiger charge is 2.11. The molecule has 3 aromatic carbocycles. The molecule has 0 radical (unpaired) electrons. The lowest BCUT2D eigenvalue weighted by Gasteiger charge is -2.14. The van der Waals surface area contributed by atoms with E-state index in [2.05, 4.69) is 28.4 Å². The Balaban J connectivity index is 1.25. The van der Waals surface area contributed by atoms with Gasteiger partial charge in [-0.1, -0.05) is 42.5 Å². The molecule has 0 unspecified atom stereocenters. The highest BCUT2D eigenvalue weighted by Crippen LogP contribution is 2.20. The first-order valence-electron chi connectivity index (χ1n) is 9.99. The predicted octanol–water partition coefficient (Wildman–Crippen LogP) is 4.50. The summed E-state index contributed by atoms with van der Waals surface area (Å²) in [6.45, 7) is 3.57. The van der Waals surface area contributed by atoms with E-state index in [9.17, 15) is 4.79 Å². The van der Waals surface area contributed by atoms with Gasteiger partial charge in [-0.15, -0.1) is 0 Å². The Morgan fingerprint density at radius 2 is 1.68 bits per heavy atom. The van der Waals surface area contributed by atoms with E-state index >= 15 is 0 Å². The third kappa shape index (κ3) is 4.90. The molecule has 0 bridgehead atoms. The average molecular weight is 374 g/mol. The van der Waals surface area contributed by atoms with E-state index in [-0.39, 0.29) is 12.5 Å². The van der Waals surface area contributed by atoms with Gasteiger partial charge in [-0.25, -0.2) is 0 Å². The third-order valence-electron chi connectivity index (χ3n) is 5.24. The molecule has 3 aromatic rings. The van der Waals surface area contributed by atoms with Crippen molar-refractivity contribution in [2.75, 3.05) is 31.6 Å². The van der Waals surface area contributed by atoms with Gasteiger partial charge in [0.2, 0.25) is 0 Å². The van der Waals surface area contributed by atoms with Crippen LogP contribution in [0.4, 0.5) is 5.69 Å². The number of benzene rings is 3. The minimum Gasteiger partial charge on any atom is -0.484 e. The molecule has 1 N–H and O–H groups in total. The Morgan fingerprint density at radius 3 is 2.46 bits per heavy atom. The molecular weight excluding hydrogens is 348 g/mol. The van der Waals surface area contributed by atoms with Crippen LogP contribution in [-0.2, 0) is 11.2 Å². The van der Waals surface area contributed by atoms with E-state index in [1.165, 1.54) is 31.5 Å². The van der Waals surface area contributed by atoms with Crippen molar-refractivity contribution in [2.24, 2.45) is 0 Å². The molecule has 28 heavy (non-hydrogen) atoms. The van der Waals surface area contributed by atoms with E-state index in [4.69, 9.17) is 4.74 Å². The molecule has 1 saturated heterocycles. The number of rotatable bonds is 7. The molecule has 4 heteroatoms. The van der Waals surface area contributed by atoms with Crippen LogP contribution in [0.2, 0.25) is 0 Å². The fraction of sp³-hybridized carbons (Fsp3) is 0.292. The molecule has 1 aliphatic heterocycles. The number of likely N-dealkylation sites (tertiary alicyclic amines) is 1. The summed E-state index contributed by atoms with van der Waals surface area (Å²) < 4.78 is 5.65. The van der Waals surface area contributed by atoms with Crippen molar-refractivity contribution in [3.63, 3.8) is 0 Å². The standard InChI is InChI=1S/C24H26N2O2/c27-24(18-28-23-12-9-20-5-1-2-6-21(20)17-23)25-22-10-7-19(8-11-22)13-16-26-14-3-4-15-26/h1-2,5-12,17H,3-4,13-16,18H2,(H,25,27). The minimum absolute atomic E-state index is 0.00491. The molecule has 1 heterocycles. The molecule has 0 spiro atoms. The fourth-order valence-corrected chi connectivity index (χ4v) is 3.65. The van der Waals surface area contributed by atoms with E-state index in [0.29, 0.717) is 5.75 Å². The normalized spacial score (nSPS) is 14.3. The maximum absolute atomic E-state index is 12.2. The maximum atomic E-state index is 12.2. The number of hydrogen-bond acceptors (Lipinski definition) is 3. The number of hydrogen-bond donors (Lipinski definition) is 1. The Bertz CT molecular complexity index is 931. The first-order chi connectivity index (χ1) is 13.8. The summed E-state index contributed by atoms with van der Waals surface area (Å²) in [7, 11) is 0. The smallest absolute Gasteiger partial charge is 0.262 e. The molecule has 0 aliphatic carbocycles. The van der Waals surface area contributed by atoms with E-state index in [0.717, 1.165) is 29.4 Å². The van der Waals surface area contributed by atoms with Gasteiger partial charge in [0.25, 0.3) is 5.91 Å². The number of ether oxygens (including phenoxy) is 1. The average Bonchev–Trinajstić information content (AvgIpc) is 3.25. The minimum atomic E-state index is -0.155. The van der Waals surface area contributed by atoms with Gasteiger partial charge < -0.3 is 15.0 Å². The summed E-state index contributed by atoms with van der Waals surface area (Å²) in [5, 5.41) is 5.16. The third-order valence-corrected chi connectivity index (χ3v) is 5.24. The molecule has 4 rings (SSSR count). The lowest BCUT2D eigenvalue weighted by molar-refractivity contribution is -0.118. The molecule has 1 amide bonds. The van der Waals surface area contributed by atoms with Gasteiger partial charge in [-0.3, -0.25) is 4.79 Å². The van der Waals surface area contributed by atoms with Crippen molar-refractivity contribution >= 4 is 22.4 Å². The van der Waals surface area contributed by atoms with Crippen LogP contribution in [-0.4, -0.2) is 37.0 Å². The monoisotopic (exact) mass is 374 g/mol. The van der Waals surface area contributed by atoms with Crippen LogP contribution >= 0.6 is 0 Å².